The van der Waals surface area contributed by atoms with Crippen molar-refractivity contribution in [2.24, 2.45) is 0 Å². The Bertz CT molecular complexity index is 321. The highest BCUT2D eigenvalue weighted by Crippen LogP contribution is 2.31. The van der Waals surface area contributed by atoms with Gasteiger partial charge in [-0.05, 0) is 26.2 Å². The standard InChI is InChI=1S/C10H16N2OS2/c1-7-9(15-10(11)12-7)14-6-4-8-3-2-5-13-8/h8H,2-6H2,1H3,(H2,11,12). The van der Waals surface area contributed by atoms with E-state index in [9.17, 15) is 0 Å². The predicted octanol–water partition coefficient (Wildman–Crippen LogP) is 2.69. The molecule has 1 unspecified atom stereocenters. The van der Waals surface area contributed by atoms with Gasteiger partial charge < -0.3 is 10.5 Å². The van der Waals surface area contributed by atoms with Crippen molar-refractivity contribution in [3.63, 3.8) is 0 Å². The molecule has 2 heterocycles. The van der Waals surface area contributed by atoms with E-state index in [1.807, 2.05) is 18.7 Å². The third kappa shape index (κ3) is 3.09. The van der Waals surface area contributed by atoms with Crippen LogP contribution in [0.3, 0.4) is 0 Å². The first-order chi connectivity index (χ1) is 7.25. The van der Waals surface area contributed by atoms with E-state index in [1.165, 1.54) is 17.1 Å². The molecule has 84 valence electrons. The van der Waals surface area contributed by atoms with Crippen LogP contribution in [0, 0.1) is 6.92 Å². The molecule has 0 radical (unpaired) electrons. The first-order valence-electron chi connectivity index (χ1n) is 5.23. The third-order valence-corrected chi connectivity index (χ3v) is 4.85. The lowest BCUT2D eigenvalue weighted by atomic mass is 10.2. The lowest BCUT2D eigenvalue weighted by Crippen LogP contribution is -2.05. The molecule has 1 aliphatic rings. The van der Waals surface area contributed by atoms with Crippen LogP contribution in [0.2, 0.25) is 0 Å². The van der Waals surface area contributed by atoms with Gasteiger partial charge in [-0.3, -0.25) is 0 Å². The second-order valence-electron chi connectivity index (χ2n) is 3.70. The van der Waals surface area contributed by atoms with Crippen molar-refractivity contribution in [3.8, 4) is 0 Å². The quantitative estimate of drug-likeness (QED) is 0.827. The number of nitrogens with zero attached hydrogens (tertiary/aromatic N) is 1. The fourth-order valence-corrected chi connectivity index (χ4v) is 3.82. The van der Waals surface area contributed by atoms with Gasteiger partial charge >= 0.3 is 0 Å². The van der Waals surface area contributed by atoms with Crippen LogP contribution in [0.25, 0.3) is 0 Å². The molecule has 0 bridgehead atoms. The number of thiazole rings is 1. The maximum atomic E-state index is 5.64. The zero-order chi connectivity index (χ0) is 10.7. The van der Waals surface area contributed by atoms with E-state index < -0.39 is 0 Å². The highest BCUT2D eigenvalue weighted by atomic mass is 32.2. The van der Waals surface area contributed by atoms with Crippen LogP contribution in [0.1, 0.15) is 25.0 Å². The van der Waals surface area contributed by atoms with E-state index >= 15 is 0 Å². The molecule has 0 amide bonds. The lowest BCUT2D eigenvalue weighted by Gasteiger charge is -2.07. The van der Waals surface area contributed by atoms with Gasteiger partial charge in [-0.25, -0.2) is 4.98 Å². The molecule has 5 heteroatoms. The molecule has 15 heavy (non-hydrogen) atoms. The number of hydrogen-bond acceptors (Lipinski definition) is 5. The van der Waals surface area contributed by atoms with Crippen molar-refractivity contribution >= 4 is 28.2 Å². The predicted molar refractivity (Wildman–Crippen MR) is 65.6 cm³/mol. The second kappa shape index (κ2) is 5.18. The van der Waals surface area contributed by atoms with Crippen molar-refractivity contribution in [2.45, 2.75) is 36.5 Å². The molecule has 0 aromatic carbocycles. The number of nitrogens with two attached hydrogens (primary N) is 1. The second-order valence-corrected chi connectivity index (χ2v) is 6.09. The highest BCUT2D eigenvalue weighted by molar-refractivity contribution is 8.01. The smallest absolute Gasteiger partial charge is 0.181 e. The van der Waals surface area contributed by atoms with Crippen LogP contribution in [0.15, 0.2) is 4.21 Å². The van der Waals surface area contributed by atoms with Crippen molar-refractivity contribution in [1.82, 2.24) is 4.98 Å². The van der Waals surface area contributed by atoms with Gasteiger partial charge in [-0.15, -0.1) is 11.8 Å². The molecule has 1 fully saturated rings. The molecular weight excluding hydrogens is 228 g/mol. The maximum Gasteiger partial charge on any atom is 0.181 e. The SMILES string of the molecule is Cc1nc(N)sc1SCCC1CCCO1. The minimum absolute atomic E-state index is 0.489. The first kappa shape index (κ1) is 11.2. The van der Waals surface area contributed by atoms with Crippen LogP contribution >= 0.6 is 23.1 Å². The Balaban J connectivity index is 1.75. The van der Waals surface area contributed by atoms with Gasteiger partial charge in [0.1, 0.15) is 0 Å². The number of aromatic nitrogens is 1. The van der Waals surface area contributed by atoms with Gasteiger partial charge in [0.25, 0.3) is 0 Å². The molecule has 3 nitrogen and oxygen atoms in total. The van der Waals surface area contributed by atoms with Crippen molar-refractivity contribution in [3.05, 3.63) is 5.69 Å². The molecule has 1 saturated heterocycles. The Morgan fingerprint density at radius 2 is 2.53 bits per heavy atom. The number of nitrogen functional groups attached to an aromatic ring is 1. The molecule has 0 aliphatic carbocycles. The summed E-state index contributed by atoms with van der Waals surface area (Å²) >= 11 is 3.44. The van der Waals surface area contributed by atoms with Gasteiger partial charge in [0.15, 0.2) is 5.13 Å². The van der Waals surface area contributed by atoms with Crippen LogP contribution in [0.5, 0.6) is 0 Å². The minimum atomic E-state index is 0.489. The van der Waals surface area contributed by atoms with Crippen molar-refractivity contribution in [1.29, 1.82) is 0 Å². The van der Waals surface area contributed by atoms with Gasteiger partial charge in [0.2, 0.25) is 0 Å². The van der Waals surface area contributed by atoms with Crippen LogP contribution in [-0.4, -0.2) is 23.4 Å². The molecular formula is C10H16N2OS2. The Kier molecular flexibility index (Phi) is 3.88. The Labute approximate surface area is 98.4 Å². The zero-order valence-corrected chi connectivity index (χ0v) is 10.5. The fourth-order valence-electron chi connectivity index (χ4n) is 1.69. The lowest BCUT2D eigenvalue weighted by molar-refractivity contribution is 0.109. The third-order valence-electron chi connectivity index (χ3n) is 2.47. The van der Waals surface area contributed by atoms with Crippen molar-refractivity contribution < 1.29 is 4.74 Å². The average molecular weight is 244 g/mol. The van der Waals surface area contributed by atoms with E-state index in [0.717, 1.165) is 24.5 Å². The molecule has 2 N–H and O–H groups in total. The van der Waals surface area contributed by atoms with Crippen LogP contribution < -0.4 is 5.73 Å². The summed E-state index contributed by atoms with van der Waals surface area (Å²) in [6.45, 7) is 2.96. The zero-order valence-electron chi connectivity index (χ0n) is 8.86. The highest BCUT2D eigenvalue weighted by Gasteiger charge is 2.15. The van der Waals surface area contributed by atoms with E-state index in [1.54, 1.807) is 11.3 Å². The van der Waals surface area contributed by atoms with Crippen LogP contribution in [0.4, 0.5) is 5.13 Å². The summed E-state index contributed by atoms with van der Waals surface area (Å²) in [7, 11) is 0. The van der Waals surface area contributed by atoms with Crippen LogP contribution in [-0.2, 0) is 4.74 Å². The summed E-state index contributed by atoms with van der Waals surface area (Å²) in [6.07, 6.45) is 4.08. The van der Waals surface area contributed by atoms with Gasteiger partial charge in [0, 0.05) is 12.4 Å². The molecule has 1 aromatic heterocycles. The molecule has 1 aromatic rings. The summed E-state index contributed by atoms with van der Waals surface area (Å²) < 4.78 is 6.83. The first-order valence-corrected chi connectivity index (χ1v) is 7.03. The normalized spacial score (nSPS) is 21.0. The monoisotopic (exact) mass is 244 g/mol. The van der Waals surface area contributed by atoms with E-state index in [4.69, 9.17) is 10.5 Å². The molecule has 0 spiro atoms. The molecule has 1 atom stereocenters. The minimum Gasteiger partial charge on any atom is -0.378 e. The summed E-state index contributed by atoms with van der Waals surface area (Å²) in [5.41, 5.74) is 6.71. The fraction of sp³-hybridized carbons (Fsp3) is 0.700. The van der Waals surface area contributed by atoms with E-state index in [0.29, 0.717) is 11.2 Å². The summed E-state index contributed by atoms with van der Waals surface area (Å²) in [5.74, 6) is 1.10. The Morgan fingerprint density at radius 1 is 1.67 bits per heavy atom. The topological polar surface area (TPSA) is 48.1 Å². The van der Waals surface area contributed by atoms with Gasteiger partial charge in [-0.2, -0.15) is 0 Å². The van der Waals surface area contributed by atoms with E-state index in [-0.39, 0.29) is 0 Å². The van der Waals surface area contributed by atoms with Gasteiger partial charge in [-0.1, -0.05) is 11.3 Å². The number of anilines is 1. The Hall–Kier alpha value is -0.260. The van der Waals surface area contributed by atoms with Crippen molar-refractivity contribution in [2.75, 3.05) is 18.1 Å². The summed E-state index contributed by atoms with van der Waals surface area (Å²) in [6, 6.07) is 0. The summed E-state index contributed by atoms with van der Waals surface area (Å²) in [5, 5.41) is 0.673. The number of hydrogen-bond donors (Lipinski definition) is 1. The average Bonchev–Trinajstić information content (AvgIpc) is 2.77. The number of aryl methyl sites for hydroxylation is 1. The van der Waals surface area contributed by atoms with Gasteiger partial charge in [0.05, 0.1) is 16.0 Å². The number of thioether (sulfide) groups is 1. The Morgan fingerprint density at radius 3 is 3.13 bits per heavy atom. The maximum absolute atomic E-state index is 5.64. The summed E-state index contributed by atoms with van der Waals surface area (Å²) in [4.78, 5) is 4.21. The van der Waals surface area contributed by atoms with E-state index in [2.05, 4.69) is 4.98 Å². The number of rotatable bonds is 4. The molecule has 2 rings (SSSR count). The molecule has 0 saturated carbocycles. The number of ether oxygens (including phenoxy) is 1. The largest absolute Gasteiger partial charge is 0.378 e. The molecule has 1 aliphatic heterocycles.